The highest BCUT2D eigenvalue weighted by atomic mass is 19.4. The Morgan fingerprint density at radius 2 is 1.95 bits per heavy atom. The number of hydrogen-bond acceptors (Lipinski definition) is 4. The number of carbonyl (C=O) groups is 2. The fraction of sp³-hybridized carbons (Fsp3) is 0.429. The Balaban J connectivity index is 2.93. The molecule has 0 heterocycles. The first-order chi connectivity index (χ1) is 10.2. The molecule has 0 fully saturated rings. The van der Waals surface area contributed by atoms with Crippen LogP contribution in [0.2, 0.25) is 0 Å². The van der Waals surface area contributed by atoms with Crippen molar-refractivity contribution in [2.45, 2.75) is 32.5 Å². The number of aliphatic carboxylic acids is 1. The Morgan fingerprint density at radius 1 is 1.27 bits per heavy atom. The first-order valence-electron chi connectivity index (χ1n) is 6.46. The number of aryl methyl sites for hydroxylation is 1. The van der Waals surface area contributed by atoms with Gasteiger partial charge in [-0.3, -0.25) is 9.59 Å². The summed E-state index contributed by atoms with van der Waals surface area (Å²) in [7, 11) is 0. The molecule has 0 aliphatic heterocycles. The van der Waals surface area contributed by atoms with Gasteiger partial charge in [-0.15, -0.1) is 13.2 Å². The Hall–Kier alpha value is -2.25. The number of rotatable bonds is 7. The van der Waals surface area contributed by atoms with Crippen molar-refractivity contribution in [3.8, 4) is 5.75 Å². The van der Waals surface area contributed by atoms with Crippen LogP contribution in [0, 0.1) is 0 Å². The zero-order chi connectivity index (χ0) is 16.8. The van der Waals surface area contributed by atoms with Gasteiger partial charge in [-0.2, -0.15) is 0 Å². The molecule has 8 heteroatoms. The number of carbonyl (C=O) groups excluding carboxylic acids is 1. The highest BCUT2D eigenvalue weighted by molar-refractivity contribution is 5.71. The van der Waals surface area contributed by atoms with Crippen molar-refractivity contribution in [1.82, 2.24) is 0 Å². The largest absolute Gasteiger partial charge is 0.573 e. The average Bonchev–Trinajstić information content (AvgIpc) is 2.35. The van der Waals surface area contributed by atoms with Crippen molar-refractivity contribution >= 4 is 11.9 Å². The summed E-state index contributed by atoms with van der Waals surface area (Å²) >= 11 is 0. The van der Waals surface area contributed by atoms with E-state index >= 15 is 0 Å². The molecule has 0 bridgehead atoms. The van der Waals surface area contributed by atoms with Gasteiger partial charge in [-0.25, -0.2) is 0 Å². The Bertz CT molecular complexity index is 540. The SMILES string of the molecule is CCOC(=O)CCc1ccc(CC(=O)O)cc1OC(F)(F)F. The smallest absolute Gasteiger partial charge is 0.481 e. The van der Waals surface area contributed by atoms with Gasteiger partial charge in [0.25, 0.3) is 0 Å². The van der Waals surface area contributed by atoms with Crippen LogP contribution in [0.4, 0.5) is 13.2 Å². The third-order valence-corrected chi connectivity index (χ3v) is 2.62. The van der Waals surface area contributed by atoms with Crippen LogP contribution in [-0.2, 0) is 27.2 Å². The van der Waals surface area contributed by atoms with Gasteiger partial charge in [0.15, 0.2) is 0 Å². The van der Waals surface area contributed by atoms with Crippen molar-refractivity contribution in [2.24, 2.45) is 0 Å². The maximum Gasteiger partial charge on any atom is 0.573 e. The van der Waals surface area contributed by atoms with Crippen LogP contribution in [0.25, 0.3) is 0 Å². The zero-order valence-corrected chi connectivity index (χ0v) is 11.8. The quantitative estimate of drug-likeness (QED) is 0.782. The standard InChI is InChI=1S/C14H15F3O5/c1-2-21-13(20)6-5-10-4-3-9(8-12(18)19)7-11(10)22-14(15,16)17/h3-4,7H,2,5-6,8H2,1H3,(H,18,19). The molecule has 1 aromatic carbocycles. The van der Waals surface area contributed by atoms with E-state index in [1.807, 2.05) is 0 Å². The number of benzene rings is 1. The highest BCUT2D eigenvalue weighted by Gasteiger charge is 2.32. The molecule has 0 saturated heterocycles. The third-order valence-electron chi connectivity index (χ3n) is 2.62. The normalized spacial score (nSPS) is 11.1. The molecule has 0 amide bonds. The zero-order valence-electron chi connectivity index (χ0n) is 11.8. The van der Waals surface area contributed by atoms with Crippen LogP contribution in [-0.4, -0.2) is 30.0 Å². The van der Waals surface area contributed by atoms with Gasteiger partial charge in [0, 0.05) is 6.42 Å². The maximum atomic E-state index is 12.4. The van der Waals surface area contributed by atoms with E-state index < -0.39 is 30.5 Å². The van der Waals surface area contributed by atoms with E-state index in [9.17, 15) is 22.8 Å². The molecule has 0 spiro atoms. The van der Waals surface area contributed by atoms with Gasteiger partial charge >= 0.3 is 18.3 Å². The van der Waals surface area contributed by atoms with E-state index in [-0.39, 0.29) is 30.6 Å². The van der Waals surface area contributed by atoms with Crippen LogP contribution in [0.15, 0.2) is 18.2 Å². The lowest BCUT2D eigenvalue weighted by Gasteiger charge is -2.14. The van der Waals surface area contributed by atoms with E-state index in [1.165, 1.54) is 12.1 Å². The van der Waals surface area contributed by atoms with Crippen molar-refractivity contribution in [1.29, 1.82) is 0 Å². The lowest BCUT2D eigenvalue weighted by Crippen LogP contribution is -2.18. The summed E-state index contributed by atoms with van der Waals surface area (Å²) in [6, 6.07) is 3.72. The summed E-state index contributed by atoms with van der Waals surface area (Å²) in [5, 5.41) is 8.67. The Morgan fingerprint density at radius 3 is 2.50 bits per heavy atom. The van der Waals surface area contributed by atoms with Gasteiger partial charge in [-0.05, 0) is 30.5 Å². The number of ether oxygens (including phenoxy) is 2. The molecular formula is C14H15F3O5. The summed E-state index contributed by atoms with van der Waals surface area (Å²) in [6.45, 7) is 1.80. The number of esters is 1. The predicted molar refractivity (Wildman–Crippen MR) is 69.4 cm³/mol. The number of carboxylic acids is 1. The topological polar surface area (TPSA) is 72.8 Å². The molecule has 1 rings (SSSR count). The molecule has 0 aliphatic carbocycles. The summed E-state index contributed by atoms with van der Waals surface area (Å²) < 4.78 is 45.8. The summed E-state index contributed by atoms with van der Waals surface area (Å²) in [6.07, 6.45) is -5.43. The van der Waals surface area contributed by atoms with Crippen LogP contribution < -0.4 is 4.74 Å². The van der Waals surface area contributed by atoms with Crippen molar-refractivity contribution in [3.05, 3.63) is 29.3 Å². The first-order valence-corrected chi connectivity index (χ1v) is 6.46. The summed E-state index contributed by atoms with van der Waals surface area (Å²) in [5.41, 5.74) is 0.325. The minimum atomic E-state index is -4.90. The minimum Gasteiger partial charge on any atom is -0.481 e. The fourth-order valence-corrected chi connectivity index (χ4v) is 1.78. The second-order valence-electron chi connectivity index (χ2n) is 4.37. The molecule has 0 aromatic heterocycles. The fourth-order valence-electron chi connectivity index (χ4n) is 1.78. The lowest BCUT2D eigenvalue weighted by atomic mass is 10.0. The van der Waals surface area contributed by atoms with E-state index in [1.54, 1.807) is 6.92 Å². The molecule has 0 aliphatic rings. The molecular weight excluding hydrogens is 305 g/mol. The van der Waals surface area contributed by atoms with Crippen LogP contribution >= 0.6 is 0 Å². The molecule has 0 saturated carbocycles. The lowest BCUT2D eigenvalue weighted by molar-refractivity contribution is -0.274. The molecule has 0 atom stereocenters. The van der Waals surface area contributed by atoms with Gasteiger partial charge in [-0.1, -0.05) is 12.1 Å². The Labute approximate surface area is 124 Å². The molecule has 122 valence electrons. The predicted octanol–water partition coefficient (Wildman–Crippen LogP) is 2.71. The molecule has 0 unspecified atom stereocenters. The van der Waals surface area contributed by atoms with Crippen molar-refractivity contribution < 1.29 is 37.3 Å². The minimum absolute atomic E-state index is 0.00238. The highest BCUT2D eigenvalue weighted by Crippen LogP contribution is 2.28. The second-order valence-corrected chi connectivity index (χ2v) is 4.37. The van der Waals surface area contributed by atoms with Gasteiger partial charge in [0.2, 0.25) is 0 Å². The third kappa shape index (κ3) is 6.47. The molecule has 1 N–H and O–H groups in total. The summed E-state index contributed by atoms with van der Waals surface area (Å²) in [5.74, 6) is -2.21. The number of halogens is 3. The van der Waals surface area contributed by atoms with Crippen LogP contribution in [0.1, 0.15) is 24.5 Å². The van der Waals surface area contributed by atoms with Gasteiger partial charge in [0.05, 0.1) is 13.0 Å². The van der Waals surface area contributed by atoms with Gasteiger partial charge in [0.1, 0.15) is 5.75 Å². The van der Waals surface area contributed by atoms with E-state index in [4.69, 9.17) is 9.84 Å². The van der Waals surface area contributed by atoms with Gasteiger partial charge < -0.3 is 14.6 Å². The molecule has 0 radical (unpaired) electrons. The van der Waals surface area contributed by atoms with E-state index in [2.05, 4.69) is 4.74 Å². The maximum absolute atomic E-state index is 12.4. The summed E-state index contributed by atoms with van der Waals surface area (Å²) in [4.78, 5) is 21.9. The van der Waals surface area contributed by atoms with Crippen molar-refractivity contribution in [2.75, 3.05) is 6.61 Å². The van der Waals surface area contributed by atoms with Crippen LogP contribution in [0.3, 0.4) is 0 Å². The number of carboxylic acid groups (broad SMARTS) is 1. The molecule has 22 heavy (non-hydrogen) atoms. The van der Waals surface area contributed by atoms with Crippen LogP contribution in [0.5, 0.6) is 5.75 Å². The first kappa shape index (κ1) is 17.8. The molecule has 1 aromatic rings. The number of hydrogen-bond donors (Lipinski definition) is 1. The van der Waals surface area contributed by atoms with Crippen molar-refractivity contribution in [3.63, 3.8) is 0 Å². The average molecular weight is 320 g/mol. The Kier molecular flexibility index (Phi) is 6.21. The monoisotopic (exact) mass is 320 g/mol. The molecule has 5 nitrogen and oxygen atoms in total. The van der Waals surface area contributed by atoms with E-state index in [0.29, 0.717) is 0 Å². The number of alkyl halides is 3. The van der Waals surface area contributed by atoms with E-state index in [0.717, 1.165) is 6.07 Å². The second kappa shape index (κ2) is 7.67.